The van der Waals surface area contributed by atoms with Crippen LogP contribution in [-0.4, -0.2) is 34.4 Å². The van der Waals surface area contributed by atoms with E-state index in [1.165, 1.54) is 0 Å². The predicted molar refractivity (Wildman–Crippen MR) is 77.6 cm³/mol. The molecule has 1 saturated heterocycles. The Morgan fingerprint density at radius 1 is 1.40 bits per heavy atom. The fraction of sp³-hybridized carbons (Fsp3) is 0.600. The quantitative estimate of drug-likeness (QED) is 0.926. The third-order valence-corrected chi connectivity index (χ3v) is 4.07. The first-order valence-electron chi connectivity index (χ1n) is 7.24. The lowest BCUT2D eigenvalue weighted by Crippen LogP contribution is -2.36. The summed E-state index contributed by atoms with van der Waals surface area (Å²) in [5.74, 6) is 0. The monoisotopic (exact) mass is 274 g/mol. The van der Waals surface area contributed by atoms with E-state index in [9.17, 15) is 0 Å². The summed E-state index contributed by atoms with van der Waals surface area (Å²) >= 11 is 0. The van der Waals surface area contributed by atoms with Gasteiger partial charge in [-0.05, 0) is 25.2 Å². The molecule has 108 valence electrons. The maximum Gasteiger partial charge on any atom is 0.155 e. The molecule has 0 atom stereocenters. The van der Waals surface area contributed by atoms with E-state index in [2.05, 4.69) is 28.5 Å². The molecule has 20 heavy (non-hydrogen) atoms. The first-order chi connectivity index (χ1) is 9.65. The molecule has 0 amide bonds. The maximum absolute atomic E-state index is 5.43. The summed E-state index contributed by atoms with van der Waals surface area (Å²) in [4.78, 5) is 4.43. The van der Waals surface area contributed by atoms with Crippen LogP contribution in [-0.2, 0) is 11.3 Å². The van der Waals surface area contributed by atoms with Crippen LogP contribution in [0.3, 0.4) is 0 Å². The summed E-state index contributed by atoms with van der Waals surface area (Å²) in [6, 6.07) is 1.99. The van der Waals surface area contributed by atoms with Crippen molar-refractivity contribution in [2.75, 3.05) is 19.8 Å². The Hall–Kier alpha value is -1.46. The molecule has 0 aromatic carbocycles. The second kappa shape index (κ2) is 5.50. The van der Waals surface area contributed by atoms with Gasteiger partial charge in [0.25, 0.3) is 0 Å². The first-order valence-corrected chi connectivity index (χ1v) is 7.24. The van der Waals surface area contributed by atoms with Crippen molar-refractivity contribution in [1.29, 1.82) is 0 Å². The molecule has 1 aliphatic rings. The highest BCUT2D eigenvalue weighted by atomic mass is 16.5. The van der Waals surface area contributed by atoms with Crippen LogP contribution in [0.1, 0.15) is 31.0 Å². The molecule has 5 heteroatoms. The fourth-order valence-electron chi connectivity index (χ4n) is 2.67. The van der Waals surface area contributed by atoms with Gasteiger partial charge in [0.2, 0.25) is 0 Å². The molecule has 0 bridgehead atoms. The zero-order chi connectivity index (χ0) is 14.0. The van der Waals surface area contributed by atoms with Crippen molar-refractivity contribution in [2.24, 2.45) is 5.41 Å². The molecule has 1 N–H and O–H groups in total. The second-order valence-corrected chi connectivity index (χ2v) is 6.08. The highest BCUT2D eigenvalue weighted by molar-refractivity contribution is 5.38. The average molecular weight is 274 g/mol. The third kappa shape index (κ3) is 2.99. The minimum Gasteiger partial charge on any atom is -0.381 e. The van der Waals surface area contributed by atoms with E-state index in [0.29, 0.717) is 5.41 Å². The van der Waals surface area contributed by atoms with Crippen molar-refractivity contribution in [3.05, 3.63) is 29.7 Å². The lowest BCUT2D eigenvalue weighted by Gasteiger charge is -2.33. The molecule has 0 saturated carbocycles. The normalized spacial score (nSPS) is 18.5. The summed E-state index contributed by atoms with van der Waals surface area (Å²) in [5, 5.41) is 7.94. The van der Waals surface area contributed by atoms with E-state index in [-0.39, 0.29) is 0 Å². The van der Waals surface area contributed by atoms with Crippen LogP contribution in [0.15, 0.2) is 18.5 Å². The highest BCUT2D eigenvalue weighted by Gasteiger charge is 2.26. The Kier molecular flexibility index (Phi) is 3.72. The molecule has 1 aliphatic heterocycles. The maximum atomic E-state index is 5.43. The predicted octanol–water partition coefficient (Wildman–Crippen LogP) is 1.94. The van der Waals surface area contributed by atoms with E-state index in [4.69, 9.17) is 4.74 Å². The van der Waals surface area contributed by atoms with Crippen LogP contribution in [0.25, 0.3) is 5.65 Å². The molecule has 0 unspecified atom stereocenters. The van der Waals surface area contributed by atoms with Gasteiger partial charge in [0.1, 0.15) is 0 Å². The van der Waals surface area contributed by atoms with E-state index < -0.39 is 0 Å². The standard InChI is InChI=1S/C15H22N4O/c1-12-7-14-17-9-13(10-19(14)18-12)8-16-11-15(2)3-5-20-6-4-15/h7,9-10,16H,3-6,8,11H2,1-2H3. The van der Waals surface area contributed by atoms with Crippen molar-refractivity contribution >= 4 is 5.65 Å². The van der Waals surface area contributed by atoms with E-state index in [1.807, 2.05) is 23.7 Å². The summed E-state index contributed by atoms with van der Waals surface area (Å²) < 4.78 is 7.28. The highest BCUT2D eigenvalue weighted by Crippen LogP contribution is 2.28. The van der Waals surface area contributed by atoms with E-state index in [0.717, 1.165) is 56.0 Å². The molecule has 5 nitrogen and oxygen atoms in total. The summed E-state index contributed by atoms with van der Waals surface area (Å²) in [6.07, 6.45) is 6.25. The summed E-state index contributed by atoms with van der Waals surface area (Å²) in [7, 11) is 0. The van der Waals surface area contributed by atoms with Gasteiger partial charge in [0.15, 0.2) is 5.65 Å². The van der Waals surface area contributed by atoms with Crippen molar-refractivity contribution in [1.82, 2.24) is 19.9 Å². The Morgan fingerprint density at radius 2 is 2.20 bits per heavy atom. The molecular formula is C15H22N4O. The number of aryl methyl sites for hydroxylation is 1. The Bertz CT molecular complexity index is 587. The molecule has 3 heterocycles. The average Bonchev–Trinajstić information content (AvgIpc) is 2.79. The van der Waals surface area contributed by atoms with Crippen LogP contribution >= 0.6 is 0 Å². The smallest absolute Gasteiger partial charge is 0.155 e. The van der Waals surface area contributed by atoms with Crippen LogP contribution in [0.2, 0.25) is 0 Å². The zero-order valence-corrected chi connectivity index (χ0v) is 12.2. The Labute approximate surface area is 119 Å². The third-order valence-electron chi connectivity index (χ3n) is 4.07. The summed E-state index contributed by atoms with van der Waals surface area (Å²) in [5.41, 5.74) is 3.43. The van der Waals surface area contributed by atoms with Crippen molar-refractivity contribution in [3.8, 4) is 0 Å². The number of ether oxygens (including phenoxy) is 1. The topological polar surface area (TPSA) is 51.5 Å². The Morgan fingerprint density at radius 3 is 3.00 bits per heavy atom. The minimum absolute atomic E-state index is 0.359. The molecule has 0 aliphatic carbocycles. The number of nitrogens with one attached hydrogen (secondary N) is 1. The van der Waals surface area contributed by atoms with Crippen LogP contribution in [0.5, 0.6) is 0 Å². The largest absolute Gasteiger partial charge is 0.381 e. The van der Waals surface area contributed by atoms with Gasteiger partial charge < -0.3 is 10.1 Å². The number of fused-ring (bicyclic) bond motifs is 1. The first kappa shape index (κ1) is 13.5. The van der Waals surface area contributed by atoms with Gasteiger partial charge in [-0.2, -0.15) is 5.10 Å². The van der Waals surface area contributed by atoms with Crippen LogP contribution in [0.4, 0.5) is 0 Å². The van der Waals surface area contributed by atoms with Gasteiger partial charge in [0.05, 0.1) is 5.69 Å². The molecule has 0 spiro atoms. The van der Waals surface area contributed by atoms with E-state index in [1.54, 1.807) is 0 Å². The zero-order valence-electron chi connectivity index (χ0n) is 12.2. The van der Waals surface area contributed by atoms with Gasteiger partial charge in [-0.3, -0.25) is 0 Å². The minimum atomic E-state index is 0.359. The molecule has 3 rings (SSSR count). The van der Waals surface area contributed by atoms with Crippen molar-refractivity contribution in [2.45, 2.75) is 33.2 Å². The number of rotatable bonds is 4. The van der Waals surface area contributed by atoms with Gasteiger partial charge >= 0.3 is 0 Å². The van der Waals surface area contributed by atoms with Crippen molar-refractivity contribution in [3.63, 3.8) is 0 Å². The lowest BCUT2D eigenvalue weighted by molar-refractivity contribution is 0.0240. The van der Waals surface area contributed by atoms with Gasteiger partial charge in [-0.1, -0.05) is 6.92 Å². The number of hydrogen-bond acceptors (Lipinski definition) is 4. The lowest BCUT2D eigenvalue weighted by atomic mass is 9.82. The molecule has 0 radical (unpaired) electrons. The fourth-order valence-corrected chi connectivity index (χ4v) is 2.67. The second-order valence-electron chi connectivity index (χ2n) is 6.08. The number of nitrogens with zero attached hydrogens (tertiary/aromatic N) is 3. The molecule has 2 aromatic rings. The van der Waals surface area contributed by atoms with E-state index >= 15 is 0 Å². The van der Waals surface area contributed by atoms with Crippen LogP contribution < -0.4 is 5.32 Å². The van der Waals surface area contributed by atoms with Crippen molar-refractivity contribution < 1.29 is 4.74 Å². The van der Waals surface area contributed by atoms with Gasteiger partial charge in [0, 0.05) is 50.3 Å². The molecule has 2 aromatic heterocycles. The van der Waals surface area contributed by atoms with Gasteiger partial charge in [-0.15, -0.1) is 0 Å². The van der Waals surface area contributed by atoms with Crippen LogP contribution in [0, 0.1) is 12.3 Å². The summed E-state index contributed by atoms with van der Waals surface area (Å²) in [6.45, 7) is 7.95. The number of aromatic nitrogens is 3. The molecular weight excluding hydrogens is 252 g/mol. The SMILES string of the molecule is Cc1cc2ncc(CNCC3(C)CCOCC3)cn2n1. The Balaban J connectivity index is 1.59. The number of hydrogen-bond donors (Lipinski definition) is 1. The molecule has 1 fully saturated rings. The van der Waals surface area contributed by atoms with Gasteiger partial charge in [-0.25, -0.2) is 9.50 Å².